The van der Waals surface area contributed by atoms with Crippen molar-refractivity contribution in [3.05, 3.63) is 87.6 Å². The summed E-state index contributed by atoms with van der Waals surface area (Å²) in [6, 6.07) is 15.4. The Morgan fingerprint density at radius 1 is 1.00 bits per heavy atom. The van der Waals surface area contributed by atoms with Crippen molar-refractivity contribution < 1.29 is 24.3 Å². The molecule has 1 N–H and O–H groups in total. The molecule has 3 aromatic rings. The summed E-state index contributed by atoms with van der Waals surface area (Å²) in [7, 11) is 0. The first kappa shape index (κ1) is 24.0. The summed E-state index contributed by atoms with van der Waals surface area (Å²) in [6.07, 6.45) is 1.64. The lowest BCUT2D eigenvalue weighted by atomic mass is 10.2. The Morgan fingerprint density at radius 2 is 1.66 bits per heavy atom. The molecule has 1 aromatic heterocycles. The van der Waals surface area contributed by atoms with Gasteiger partial charge in [0.05, 0.1) is 10.9 Å². The van der Waals surface area contributed by atoms with Gasteiger partial charge in [0, 0.05) is 22.8 Å². The third kappa shape index (κ3) is 5.04. The normalized spacial score (nSPS) is 14.6. The first-order chi connectivity index (χ1) is 16.6. The molecule has 0 radical (unpaired) electrons. The van der Waals surface area contributed by atoms with Crippen LogP contribution in [0.3, 0.4) is 0 Å². The van der Waals surface area contributed by atoms with Gasteiger partial charge in [-0.1, -0.05) is 29.8 Å². The van der Waals surface area contributed by atoms with Gasteiger partial charge in [-0.25, -0.2) is 0 Å². The summed E-state index contributed by atoms with van der Waals surface area (Å²) in [4.78, 5) is 49.9. The minimum Gasteiger partial charge on any atom is -0.545 e. The average Bonchev–Trinajstić information content (AvgIpc) is 3.24. The summed E-state index contributed by atoms with van der Waals surface area (Å²) in [5.74, 6) is -2.24. The van der Waals surface area contributed by atoms with E-state index in [4.69, 9.17) is 0 Å². The standard InChI is InChI=1S/C26H23N3O5S/c1-15-4-8-20(9-5-15)27-23(30)14-28-24(31)22(35-26(28)34)13-19-12-16(2)29(17(19)3)21-10-6-18(7-11-21)25(32)33/h4-13H,14H2,1-3H3,(H,27,30)(H,32,33)/p-1/b22-13+. The number of benzene rings is 2. The Labute approximate surface area is 206 Å². The zero-order chi connectivity index (χ0) is 25.3. The van der Waals surface area contributed by atoms with Crippen LogP contribution >= 0.6 is 11.8 Å². The van der Waals surface area contributed by atoms with E-state index in [0.717, 1.165) is 44.9 Å². The number of hydrogen-bond acceptors (Lipinski definition) is 6. The Morgan fingerprint density at radius 3 is 2.29 bits per heavy atom. The number of rotatable bonds is 6. The smallest absolute Gasteiger partial charge is 0.294 e. The fraction of sp³-hybridized carbons (Fsp3) is 0.154. The Kier molecular flexibility index (Phi) is 6.61. The number of carbonyl (C=O) groups excluding carboxylic acids is 4. The number of aromatic nitrogens is 1. The summed E-state index contributed by atoms with van der Waals surface area (Å²) >= 11 is 0.789. The summed E-state index contributed by atoms with van der Waals surface area (Å²) < 4.78 is 1.92. The topological polar surface area (TPSA) is 112 Å². The molecule has 1 fully saturated rings. The van der Waals surface area contributed by atoms with Crippen molar-refractivity contribution in [3.8, 4) is 5.69 Å². The van der Waals surface area contributed by atoms with Gasteiger partial charge < -0.3 is 19.8 Å². The van der Waals surface area contributed by atoms with E-state index < -0.39 is 23.0 Å². The predicted molar refractivity (Wildman–Crippen MR) is 132 cm³/mol. The molecule has 3 amide bonds. The van der Waals surface area contributed by atoms with Gasteiger partial charge >= 0.3 is 0 Å². The van der Waals surface area contributed by atoms with Crippen LogP contribution in [0.25, 0.3) is 11.8 Å². The second-order valence-electron chi connectivity index (χ2n) is 8.18. The maximum absolute atomic E-state index is 12.9. The molecule has 2 heterocycles. The van der Waals surface area contributed by atoms with Crippen LogP contribution in [0, 0.1) is 20.8 Å². The van der Waals surface area contributed by atoms with Gasteiger partial charge in [-0.15, -0.1) is 0 Å². The van der Waals surface area contributed by atoms with Crippen LogP contribution in [-0.2, 0) is 9.59 Å². The molecule has 0 spiro atoms. The highest BCUT2D eigenvalue weighted by molar-refractivity contribution is 8.18. The van der Waals surface area contributed by atoms with Crippen molar-refractivity contribution in [3.63, 3.8) is 0 Å². The molecule has 0 aliphatic carbocycles. The van der Waals surface area contributed by atoms with E-state index in [1.807, 2.05) is 43.5 Å². The van der Waals surface area contributed by atoms with Gasteiger partial charge in [0.1, 0.15) is 6.54 Å². The number of carbonyl (C=O) groups is 4. The molecule has 4 rings (SSSR count). The summed E-state index contributed by atoms with van der Waals surface area (Å²) in [5.41, 5.74) is 4.89. The van der Waals surface area contributed by atoms with Crippen molar-refractivity contribution in [2.75, 3.05) is 11.9 Å². The molecule has 2 aromatic carbocycles. The second-order valence-corrected chi connectivity index (χ2v) is 9.17. The Hall–Kier alpha value is -4.11. The third-order valence-electron chi connectivity index (χ3n) is 5.63. The molecule has 178 valence electrons. The molecule has 9 heteroatoms. The fourth-order valence-corrected chi connectivity index (χ4v) is 4.67. The largest absolute Gasteiger partial charge is 0.545 e. The third-order valence-corrected chi connectivity index (χ3v) is 6.54. The van der Waals surface area contributed by atoms with Crippen LogP contribution in [0.15, 0.2) is 59.5 Å². The van der Waals surface area contributed by atoms with Crippen molar-refractivity contribution >= 4 is 46.5 Å². The number of amides is 3. The quantitative estimate of drug-likeness (QED) is 0.532. The number of imide groups is 1. The monoisotopic (exact) mass is 488 g/mol. The van der Waals surface area contributed by atoms with Gasteiger partial charge in [-0.3, -0.25) is 19.3 Å². The number of carboxylic acids is 1. The maximum Gasteiger partial charge on any atom is 0.294 e. The lowest BCUT2D eigenvalue weighted by molar-refractivity contribution is -0.255. The molecule has 0 saturated carbocycles. The fourth-order valence-electron chi connectivity index (χ4n) is 3.84. The zero-order valence-electron chi connectivity index (χ0n) is 19.3. The van der Waals surface area contributed by atoms with Crippen LogP contribution in [0.4, 0.5) is 10.5 Å². The molecule has 35 heavy (non-hydrogen) atoms. The first-order valence-corrected chi connectivity index (χ1v) is 11.6. The summed E-state index contributed by atoms with van der Waals surface area (Å²) in [6.45, 7) is 5.31. The van der Waals surface area contributed by atoms with Gasteiger partial charge in [0.15, 0.2) is 0 Å². The highest BCUT2D eigenvalue weighted by Crippen LogP contribution is 2.33. The van der Waals surface area contributed by atoms with E-state index in [1.54, 1.807) is 30.3 Å². The lowest BCUT2D eigenvalue weighted by Crippen LogP contribution is -2.36. The Balaban J connectivity index is 1.52. The molecule has 1 saturated heterocycles. The van der Waals surface area contributed by atoms with Gasteiger partial charge in [0.2, 0.25) is 5.91 Å². The van der Waals surface area contributed by atoms with E-state index in [-0.39, 0.29) is 17.0 Å². The number of carboxylic acid groups (broad SMARTS) is 1. The van der Waals surface area contributed by atoms with Crippen LogP contribution in [0.1, 0.15) is 32.9 Å². The van der Waals surface area contributed by atoms with Gasteiger partial charge in [-0.2, -0.15) is 0 Å². The number of anilines is 1. The van der Waals surface area contributed by atoms with E-state index in [1.165, 1.54) is 12.1 Å². The van der Waals surface area contributed by atoms with Crippen molar-refractivity contribution in [2.24, 2.45) is 0 Å². The van der Waals surface area contributed by atoms with E-state index in [2.05, 4.69) is 5.32 Å². The highest BCUT2D eigenvalue weighted by atomic mass is 32.2. The van der Waals surface area contributed by atoms with Crippen molar-refractivity contribution in [2.45, 2.75) is 20.8 Å². The zero-order valence-corrected chi connectivity index (χ0v) is 20.1. The predicted octanol–water partition coefficient (Wildman–Crippen LogP) is 3.44. The molecule has 8 nitrogen and oxygen atoms in total. The molecule has 1 aliphatic heterocycles. The first-order valence-electron chi connectivity index (χ1n) is 10.8. The molecular formula is C26H22N3O5S-. The number of aromatic carboxylic acids is 1. The average molecular weight is 489 g/mol. The molecule has 0 atom stereocenters. The molecule has 0 unspecified atom stereocenters. The van der Waals surface area contributed by atoms with Crippen LogP contribution < -0.4 is 10.4 Å². The van der Waals surface area contributed by atoms with E-state index in [0.29, 0.717) is 5.69 Å². The number of thioether (sulfide) groups is 1. The number of hydrogen-bond donors (Lipinski definition) is 1. The number of nitrogens with zero attached hydrogens (tertiary/aromatic N) is 2. The van der Waals surface area contributed by atoms with E-state index >= 15 is 0 Å². The SMILES string of the molecule is Cc1ccc(NC(=O)CN2C(=O)S/C(=C/c3cc(C)n(-c4ccc(C(=O)[O-])cc4)c3C)C2=O)cc1. The van der Waals surface area contributed by atoms with Crippen molar-refractivity contribution in [1.82, 2.24) is 9.47 Å². The van der Waals surface area contributed by atoms with Gasteiger partial charge in [0.25, 0.3) is 11.1 Å². The Bertz CT molecular complexity index is 1370. The van der Waals surface area contributed by atoms with Crippen LogP contribution in [0.2, 0.25) is 0 Å². The minimum atomic E-state index is -1.25. The summed E-state index contributed by atoms with van der Waals surface area (Å²) in [5, 5.41) is 13.2. The van der Waals surface area contributed by atoms with Crippen molar-refractivity contribution in [1.29, 1.82) is 0 Å². The maximum atomic E-state index is 12.9. The molecule has 1 aliphatic rings. The number of nitrogens with one attached hydrogen (secondary N) is 1. The van der Waals surface area contributed by atoms with E-state index in [9.17, 15) is 24.3 Å². The lowest BCUT2D eigenvalue weighted by Gasteiger charge is -2.12. The second kappa shape index (κ2) is 9.63. The molecular weight excluding hydrogens is 466 g/mol. The van der Waals surface area contributed by atoms with Crippen LogP contribution in [-0.4, -0.2) is 39.0 Å². The minimum absolute atomic E-state index is 0.0801. The number of aryl methyl sites for hydroxylation is 2. The van der Waals surface area contributed by atoms with Gasteiger partial charge in [-0.05, 0) is 80.1 Å². The van der Waals surface area contributed by atoms with Crippen LogP contribution in [0.5, 0.6) is 0 Å². The molecule has 0 bridgehead atoms. The highest BCUT2D eigenvalue weighted by Gasteiger charge is 2.36.